The lowest BCUT2D eigenvalue weighted by Gasteiger charge is -2.32. The van der Waals surface area contributed by atoms with Gasteiger partial charge in [-0.2, -0.15) is 5.10 Å². The van der Waals surface area contributed by atoms with Crippen molar-refractivity contribution in [1.82, 2.24) is 25.9 Å². The van der Waals surface area contributed by atoms with Crippen molar-refractivity contribution >= 4 is 11.9 Å². The topological polar surface area (TPSA) is 107 Å². The number of rotatable bonds is 5. The van der Waals surface area contributed by atoms with E-state index in [-0.39, 0.29) is 35.6 Å². The molecule has 2 fully saturated rings. The first-order chi connectivity index (χ1) is 14.1. The first-order valence-electron chi connectivity index (χ1n) is 9.69. The predicted molar refractivity (Wildman–Crippen MR) is 105 cm³/mol. The normalized spacial score (nSPS) is 25.9. The smallest absolute Gasteiger partial charge is 0.324 e. The summed E-state index contributed by atoms with van der Waals surface area (Å²) in [5, 5.41) is 7.48. The number of aromatic nitrogens is 2. The van der Waals surface area contributed by atoms with Gasteiger partial charge in [0.1, 0.15) is 6.04 Å². The number of benzene rings is 1. The second-order valence-corrected chi connectivity index (χ2v) is 7.37. The number of hydrogen-bond acceptors (Lipinski definition) is 7. The SMILES string of the molecule is COC(=O)C1NNC2CCC(NC(=O)c3nn(-c4ccccc4)cc3OC)CC21. The van der Waals surface area contributed by atoms with E-state index >= 15 is 0 Å². The molecule has 2 aliphatic rings. The third-order valence-electron chi connectivity index (χ3n) is 5.68. The van der Waals surface area contributed by atoms with Gasteiger partial charge in [0.15, 0.2) is 11.4 Å². The fourth-order valence-electron chi connectivity index (χ4n) is 4.18. The van der Waals surface area contributed by atoms with Crippen molar-refractivity contribution in [1.29, 1.82) is 0 Å². The molecule has 1 aromatic heterocycles. The highest BCUT2D eigenvalue weighted by molar-refractivity contribution is 5.95. The summed E-state index contributed by atoms with van der Waals surface area (Å²) in [5.74, 6) is -0.101. The fourth-order valence-corrected chi connectivity index (χ4v) is 4.18. The van der Waals surface area contributed by atoms with Crippen molar-refractivity contribution in [2.45, 2.75) is 37.4 Å². The van der Waals surface area contributed by atoms with Crippen LogP contribution < -0.4 is 20.9 Å². The Morgan fingerprint density at radius 3 is 2.69 bits per heavy atom. The second-order valence-electron chi connectivity index (χ2n) is 7.37. The van der Waals surface area contributed by atoms with Gasteiger partial charge in [0.05, 0.1) is 26.1 Å². The Morgan fingerprint density at radius 2 is 1.97 bits per heavy atom. The maximum atomic E-state index is 12.9. The second kappa shape index (κ2) is 8.22. The average molecular weight is 399 g/mol. The van der Waals surface area contributed by atoms with Crippen LogP contribution in [0, 0.1) is 5.92 Å². The molecule has 154 valence electrons. The third kappa shape index (κ3) is 3.83. The number of carbonyl (C=O) groups excluding carboxylic acids is 2. The monoisotopic (exact) mass is 399 g/mol. The molecule has 1 amide bonds. The number of para-hydroxylation sites is 1. The molecule has 0 radical (unpaired) electrons. The first-order valence-corrected chi connectivity index (χ1v) is 9.69. The number of ether oxygens (including phenoxy) is 2. The van der Waals surface area contributed by atoms with Crippen LogP contribution in [0.4, 0.5) is 0 Å². The van der Waals surface area contributed by atoms with Gasteiger partial charge >= 0.3 is 5.97 Å². The van der Waals surface area contributed by atoms with E-state index in [0.717, 1.165) is 18.5 Å². The molecule has 4 unspecified atom stereocenters. The van der Waals surface area contributed by atoms with Crippen molar-refractivity contribution in [3.8, 4) is 11.4 Å². The highest BCUT2D eigenvalue weighted by Gasteiger charge is 2.44. The zero-order valence-electron chi connectivity index (χ0n) is 16.4. The van der Waals surface area contributed by atoms with Crippen molar-refractivity contribution in [2.75, 3.05) is 14.2 Å². The lowest BCUT2D eigenvalue weighted by molar-refractivity contribution is -0.144. The molecule has 1 aliphatic heterocycles. The van der Waals surface area contributed by atoms with E-state index in [1.807, 2.05) is 30.3 Å². The summed E-state index contributed by atoms with van der Waals surface area (Å²) in [7, 11) is 2.90. The lowest BCUT2D eigenvalue weighted by atomic mass is 9.79. The van der Waals surface area contributed by atoms with Gasteiger partial charge in [0.25, 0.3) is 5.91 Å². The van der Waals surface area contributed by atoms with Crippen LogP contribution in [0.25, 0.3) is 5.69 Å². The standard InChI is InChI=1S/C20H25N5O4/c1-28-16-11-25(13-6-4-3-5-7-13)24-18(16)19(26)21-12-8-9-15-14(10-12)17(23-22-15)20(27)29-2/h3-7,11-12,14-15,17,22-23H,8-10H2,1-2H3,(H,21,26). The van der Waals surface area contributed by atoms with E-state index in [0.29, 0.717) is 12.2 Å². The Bertz CT molecular complexity index is 884. The number of nitrogens with one attached hydrogen (secondary N) is 3. The summed E-state index contributed by atoms with van der Waals surface area (Å²) in [5.41, 5.74) is 7.28. The maximum absolute atomic E-state index is 12.9. The van der Waals surface area contributed by atoms with Crippen molar-refractivity contribution in [2.24, 2.45) is 5.92 Å². The van der Waals surface area contributed by atoms with Gasteiger partial charge in [0.2, 0.25) is 0 Å². The molecule has 1 saturated heterocycles. The Hall–Kier alpha value is -2.91. The van der Waals surface area contributed by atoms with E-state index < -0.39 is 6.04 Å². The number of esters is 1. The summed E-state index contributed by atoms with van der Waals surface area (Å²) < 4.78 is 11.9. The van der Waals surface area contributed by atoms with Gasteiger partial charge in [-0.3, -0.25) is 15.0 Å². The molecule has 1 saturated carbocycles. The van der Waals surface area contributed by atoms with Crippen LogP contribution >= 0.6 is 0 Å². The Balaban J connectivity index is 1.47. The van der Waals surface area contributed by atoms with E-state index in [1.54, 1.807) is 10.9 Å². The largest absolute Gasteiger partial charge is 0.493 e. The van der Waals surface area contributed by atoms with Crippen LogP contribution in [0.1, 0.15) is 29.8 Å². The van der Waals surface area contributed by atoms with Crippen LogP contribution in [0.15, 0.2) is 36.5 Å². The molecule has 9 heteroatoms. The number of nitrogens with zero attached hydrogens (tertiary/aromatic N) is 2. The first kappa shape index (κ1) is 19.4. The number of amides is 1. The molecule has 4 atom stereocenters. The van der Waals surface area contributed by atoms with Gasteiger partial charge in [-0.25, -0.2) is 10.1 Å². The van der Waals surface area contributed by atoms with Gasteiger partial charge < -0.3 is 14.8 Å². The third-order valence-corrected chi connectivity index (χ3v) is 5.68. The number of methoxy groups -OCH3 is 2. The Labute approximate surface area is 168 Å². The van der Waals surface area contributed by atoms with Gasteiger partial charge in [-0.05, 0) is 31.4 Å². The van der Waals surface area contributed by atoms with Gasteiger partial charge in [-0.15, -0.1) is 0 Å². The van der Waals surface area contributed by atoms with Crippen LogP contribution in [-0.2, 0) is 9.53 Å². The minimum Gasteiger partial charge on any atom is -0.493 e. The highest BCUT2D eigenvalue weighted by Crippen LogP contribution is 2.31. The number of fused-ring (bicyclic) bond motifs is 1. The summed E-state index contributed by atoms with van der Waals surface area (Å²) in [6.45, 7) is 0. The van der Waals surface area contributed by atoms with Crippen LogP contribution in [0.2, 0.25) is 0 Å². The summed E-state index contributed by atoms with van der Waals surface area (Å²) in [6, 6.07) is 9.28. The van der Waals surface area contributed by atoms with E-state index in [4.69, 9.17) is 9.47 Å². The van der Waals surface area contributed by atoms with Gasteiger partial charge in [0, 0.05) is 18.0 Å². The van der Waals surface area contributed by atoms with Crippen molar-refractivity contribution < 1.29 is 19.1 Å². The Morgan fingerprint density at radius 1 is 1.17 bits per heavy atom. The van der Waals surface area contributed by atoms with Crippen molar-refractivity contribution in [3.63, 3.8) is 0 Å². The molecule has 9 nitrogen and oxygen atoms in total. The summed E-state index contributed by atoms with van der Waals surface area (Å²) in [6.07, 6.45) is 4.04. The lowest BCUT2D eigenvalue weighted by Crippen LogP contribution is -2.46. The highest BCUT2D eigenvalue weighted by atomic mass is 16.5. The molecule has 0 bridgehead atoms. The average Bonchev–Trinajstić information content (AvgIpc) is 3.38. The predicted octanol–water partition coefficient (Wildman–Crippen LogP) is 0.797. The fraction of sp³-hybridized carbons (Fsp3) is 0.450. The van der Waals surface area contributed by atoms with Crippen LogP contribution in [-0.4, -0.2) is 54.0 Å². The number of hydrogen-bond donors (Lipinski definition) is 3. The Kier molecular flexibility index (Phi) is 5.50. The van der Waals surface area contributed by atoms with Crippen molar-refractivity contribution in [3.05, 3.63) is 42.2 Å². The molecule has 29 heavy (non-hydrogen) atoms. The molecule has 4 rings (SSSR count). The number of carbonyl (C=O) groups is 2. The van der Waals surface area contributed by atoms with E-state index in [1.165, 1.54) is 14.2 Å². The zero-order valence-corrected chi connectivity index (χ0v) is 16.4. The number of hydrazine groups is 1. The minimum atomic E-state index is -0.406. The molecule has 0 spiro atoms. The van der Waals surface area contributed by atoms with E-state index in [9.17, 15) is 9.59 Å². The molecule has 1 aromatic carbocycles. The molecule has 2 heterocycles. The molecular weight excluding hydrogens is 374 g/mol. The quantitative estimate of drug-likeness (QED) is 0.639. The molecule has 2 aromatic rings. The van der Waals surface area contributed by atoms with E-state index in [2.05, 4.69) is 21.3 Å². The summed E-state index contributed by atoms with van der Waals surface area (Å²) in [4.78, 5) is 24.9. The van der Waals surface area contributed by atoms with Crippen LogP contribution in [0.3, 0.4) is 0 Å². The van der Waals surface area contributed by atoms with Gasteiger partial charge in [-0.1, -0.05) is 18.2 Å². The molecule has 3 N–H and O–H groups in total. The molecule has 1 aliphatic carbocycles. The minimum absolute atomic E-state index is 0.0517. The summed E-state index contributed by atoms with van der Waals surface area (Å²) >= 11 is 0. The maximum Gasteiger partial charge on any atom is 0.324 e. The molecular formula is C20H25N5O4. The zero-order chi connectivity index (χ0) is 20.4. The van der Waals surface area contributed by atoms with Crippen LogP contribution in [0.5, 0.6) is 5.75 Å².